The van der Waals surface area contributed by atoms with Crippen LogP contribution in [-0.2, 0) is 13.6 Å². The van der Waals surface area contributed by atoms with Gasteiger partial charge in [-0.1, -0.05) is 0 Å². The highest BCUT2D eigenvalue weighted by Gasteiger charge is 2.03. The third-order valence-corrected chi connectivity index (χ3v) is 2.43. The van der Waals surface area contributed by atoms with Crippen molar-refractivity contribution in [1.82, 2.24) is 14.8 Å². The van der Waals surface area contributed by atoms with Crippen LogP contribution in [0.4, 0.5) is 11.5 Å². The van der Waals surface area contributed by atoms with E-state index in [4.69, 9.17) is 5.73 Å². The van der Waals surface area contributed by atoms with E-state index in [2.05, 4.69) is 15.4 Å². The minimum Gasteiger partial charge on any atom is -0.396 e. The first-order chi connectivity index (χ1) is 7.66. The van der Waals surface area contributed by atoms with Crippen LogP contribution in [0.25, 0.3) is 0 Å². The molecule has 0 bridgehead atoms. The molecule has 0 fully saturated rings. The van der Waals surface area contributed by atoms with Gasteiger partial charge in [-0.2, -0.15) is 5.10 Å². The normalized spacial score (nSPS) is 10.4. The zero-order chi connectivity index (χ0) is 11.5. The highest BCUT2D eigenvalue weighted by Crippen LogP contribution is 2.19. The monoisotopic (exact) mass is 217 g/mol. The van der Waals surface area contributed by atoms with Crippen molar-refractivity contribution in [3.05, 3.63) is 35.8 Å². The molecule has 0 saturated heterocycles. The van der Waals surface area contributed by atoms with Crippen LogP contribution >= 0.6 is 0 Å². The van der Waals surface area contributed by atoms with Crippen molar-refractivity contribution in [1.29, 1.82) is 0 Å². The lowest BCUT2D eigenvalue weighted by molar-refractivity contribution is 0.767. The van der Waals surface area contributed by atoms with Gasteiger partial charge in [0.15, 0.2) is 0 Å². The third kappa shape index (κ3) is 2.13. The highest BCUT2D eigenvalue weighted by atomic mass is 15.2. The second-order valence-corrected chi connectivity index (χ2v) is 3.77. The lowest BCUT2D eigenvalue weighted by atomic mass is 10.2. The zero-order valence-corrected chi connectivity index (χ0v) is 9.44. The SMILES string of the molecule is Cc1ccnc(NCc2cnn(C)c2)c1N. The maximum absolute atomic E-state index is 5.91. The van der Waals surface area contributed by atoms with E-state index in [0.29, 0.717) is 12.2 Å². The molecule has 0 amide bonds. The summed E-state index contributed by atoms with van der Waals surface area (Å²) >= 11 is 0. The van der Waals surface area contributed by atoms with Gasteiger partial charge < -0.3 is 11.1 Å². The fraction of sp³-hybridized carbons (Fsp3) is 0.273. The van der Waals surface area contributed by atoms with Gasteiger partial charge in [0.2, 0.25) is 0 Å². The van der Waals surface area contributed by atoms with Crippen LogP contribution in [0, 0.1) is 6.92 Å². The standard InChI is InChI=1S/C11H15N5/c1-8-3-4-13-11(10(8)12)14-5-9-6-15-16(2)7-9/h3-4,6-7H,5,12H2,1-2H3,(H,13,14). The molecule has 2 aromatic heterocycles. The Morgan fingerprint density at radius 2 is 2.31 bits per heavy atom. The smallest absolute Gasteiger partial charge is 0.149 e. The Kier molecular flexibility index (Phi) is 2.76. The van der Waals surface area contributed by atoms with Gasteiger partial charge in [-0.3, -0.25) is 4.68 Å². The van der Waals surface area contributed by atoms with Crippen LogP contribution in [0.3, 0.4) is 0 Å². The van der Waals surface area contributed by atoms with Crippen LogP contribution in [0.5, 0.6) is 0 Å². The molecule has 2 aromatic rings. The van der Waals surface area contributed by atoms with Gasteiger partial charge in [-0.05, 0) is 18.6 Å². The number of rotatable bonds is 3. The number of nitrogens with one attached hydrogen (secondary N) is 1. The van der Waals surface area contributed by atoms with Crippen LogP contribution in [0.2, 0.25) is 0 Å². The molecule has 0 atom stereocenters. The summed E-state index contributed by atoms with van der Waals surface area (Å²) in [6.07, 6.45) is 5.52. The van der Waals surface area contributed by atoms with Gasteiger partial charge in [-0.25, -0.2) is 4.98 Å². The number of aryl methyl sites for hydroxylation is 2. The first-order valence-corrected chi connectivity index (χ1v) is 5.09. The van der Waals surface area contributed by atoms with Crippen LogP contribution in [0.15, 0.2) is 24.7 Å². The highest BCUT2D eigenvalue weighted by molar-refractivity contribution is 5.64. The zero-order valence-electron chi connectivity index (χ0n) is 9.44. The summed E-state index contributed by atoms with van der Waals surface area (Å²) < 4.78 is 1.77. The van der Waals surface area contributed by atoms with E-state index in [1.807, 2.05) is 32.4 Å². The molecular weight excluding hydrogens is 202 g/mol. The van der Waals surface area contributed by atoms with Gasteiger partial charge in [-0.15, -0.1) is 0 Å². The molecule has 84 valence electrons. The number of nitrogens with two attached hydrogens (primary N) is 1. The molecule has 2 rings (SSSR count). The quantitative estimate of drug-likeness (QED) is 0.813. The van der Waals surface area contributed by atoms with Crippen LogP contribution in [0.1, 0.15) is 11.1 Å². The van der Waals surface area contributed by atoms with Crippen molar-refractivity contribution >= 4 is 11.5 Å². The van der Waals surface area contributed by atoms with Crippen molar-refractivity contribution in [3.8, 4) is 0 Å². The van der Waals surface area contributed by atoms with E-state index in [9.17, 15) is 0 Å². The van der Waals surface area contributed by atoms with Gasteiger partial charge in [0.05, 0.1) is 11.9 Å². The molecule has 5 heteroatoms. The molecule has 0 aliphatic rings. The van der Waals surface area contributed by atoms with E-state index in [0.717, 1.165) is 16.9 Å². The number of aromatic nitrogens is 3. The summed E-state index contributed by atoms with van der Waals surface area (Å²) in [5.41, 5.74) is 8.74. The molecule has 0 spiro atoms. The van der Waals surface area contributed by atoms with Gasteiger partial charge in [0.1, 0.15) is 5.82 Å². The number of pyridine rings is 1. The first kappa shape index (κ1) is 10.5. The first-order valence-electron chi connectivity index (χ1n) is 5.09. The van der Waals surface area contributed by atoms with Crippen molar-refractivity contribution < 1.29 is 0 Å². The second-order valence-electron chi connectivity index (χ2n) is 3.77. The molecule has 2 heterocycles. The predicted octanol–water partition coefficient (Wildman–Crippen LogP) is 1.32. The molecular formula is C11H15N5. The van der Waals surface area contributed by atoms with E-state index < -0.39 is 0 Å². The maximum atomic E-state index is 5.91. The second kappa shape index (κ2) is 4.22. The summed E-state index contributed by atoms with van der Waals surface area (Å²) in [7, 11) is 1.89. The molecule has 16 heavy (non-hydrogen) atoms. The Hall–Kier alpha value is -2.04. The fourth-order valence-electron chi connectivity index (χ4n) is 1.46. The Morgan fingerprint density at radius 3 is 3.00 bits per heavy atom. The molecule has 5 nitrogen and oxygen atoms in total. The summed E-state index contributed by atoms with van der Waals surface area (Å²) in [6.45, 7) is 2.64. The largest absolute Gasteiger partial charge is 0.396 e. The Bertz CT molecular complexity index is 489. The van der Waals surface area contributed by atoms with Crippen molar-refractivity contribution in [3.63, 3.8) is 0 Å². The lowest BCUT2D eigenvalue weighted by Crippen LogP contribution is -2.05. The average molecular weight is 217 g/mol. The molecule has 0 unspecified atom stereocenters. The van der Waals surface area contributed by atoms with Crippen LogP contribution < -0.4 is 11.1 Å². The third-order valence-electron chi connectivity index (χ3n) is 2.43. The van der Waals surface area contributed by atoms with Crippen molar-refractivity contribution in [2.24, 2.45) is 7.05 Å². The number of hydrogen-bond donors (Lipinski definition) is 2. The van der Waals surface area contributed by atoms with Crippen LogP contribution in [-0.4, -0.2) is 14.8 Å². The Labute approximate surface area is 94.3 Å². The molecule has 0 aliphatic heterocycles. The van der Waals surface area contributed by atoms with E-state index in [-0.39, 0.29) is 0 Å². The molecule has 0 aromatic carbocycles. The summed E-state index contributed by atoms with van der Waals surface area (Å²) in [5.74, 6) is 0.726. The molecule has 0 radical (unpaired) electrons. The average Bonchev–Trinajstić information content (AvgIpc) is 2.67. The van der Waals surface area contributed by atoms with Crippen molar-refractivity contribution in [2.75, 3.05) is 11.1 Å². The number of nitrogens with zero attached hydrogens (tertiary/aromatic N) is 3. The Morgan fingerprint density at radius 1 is 1.50 bits per heavy atom. The van der Waals surface area contributed by atoms with Crippen molar-refractivity contribution in [2.45, 2.75) is 13.5 Å². The van der Waals surface area contributed by atoms with E-state index in [1.165, 1.54) is 0 Å². The minimum atomic E-state index is 0.675. The van der Waals surface area contributed by atoms with E-state index in [1.54, 1.807) is 10.9 Å². The number of nitrogen functional groups attached to an aromatic ring is 1. The van der Waals surface area contributed by atoms with E-state index >= 15 is 0 Å². The summed E-state index contributed by atoms with van der Waals surface area (Å²) in [5, 5.41) is 7.29. The number of anilines is 2. The Balaban J connectivity index is 2.07. The van der Waals surface area contributed by atoms with Gasteiger partial charge >= 0.3 is 0 Å². The topological polar surface area (TPSA) is 68.8 Å². The predicted molar refractivity (Wildman–Crippen MR) is 63.9 cm³/mol. The lowest BCUT2D eigenvalue weighted by Gasteiger charge is -2.08. The molecule has 0 aliphatic carbocycles. The molecule has 0 saturated carbocycles. The molecule has 3 N–H and O–H groups in total. The van der Waals surface area contributed by atoms with Gasteiger partial charge in [0.25, 0.3) is 0 Å². The maximum Gasteiger partial charge on any atom is 0.149 e. The fourth-order valence-corrected chi connectivity index (χ4v) is 1.46. The van der Waals surface area contributed by atoms with Gasteiger partial charge in [0, 0.05) is 31.5 Å². The summed E-state index contributed by atoms with van der Waals surface area (Å²) in [4.78, 5) is 4.20. The number of hydrogen-bond acceptors (Lipinski definition) is 4. The minimum absolute atomic E-state index is 0.675. The summed E-state index contributed by atoms with van der Waals surface area (Å²) in [6, 6.07) is 1.89.